The molecule has 1 atom stereocenters. The summed E-state index contributed by atoms with van der Waals surface area (Å²) in [5.74, 6) is 0.468. The lowest BCUT2D eigenvalue weighted by Crippen LogP contribution is -2.13. The van der Waals surface area contributed by atoms with Crippen molar-refractivity contribution in [1.29, 1.82) is 0 Å². The van der Waals surface area contributed by atoms with Crippen molar-refractivity contribution in [2.75, 3.05) is 0 Å². The van der Waals surface area contributed by atoms with Crippen LogP contribution in [-0.4, -0.2) is 31.3 Å². The molecule has 0 spiro atoms. The third-order valence-electron chi connectivity index (χ3n) is 4.49. The maximum atomic E-state index is 11.2. The molecule has 1 unspecified atom stereocenters. The summed E-state index contributed by atoms with van der Waals surface area (Å²) in [5.41, 5.74) is 10.1. The number of carbonyl (C=O) groups excluding carboxylic acids is 1. The van der Waals surface area contributed by atoms with Crippen LogP contribution < -0.4 is 5.73 Å². The molecule has 7 nitrogen and oxygen atoms in total. The van der Waals surface area contributed by atoms with E-state index in [4.69, 9.17) is 5.73 Å². The Bertz CT molecular complexity index is 1070. The molecule has 4 N–H and O–H groups in total. The van der Waals surface area contributed by atoms with Gasteiger partial charge in [-0.15, -0.1) is 0 Å². The lowest BCUT2D eigenvalue weighted by atomic mass is 9.94. The first kappa shape index (κ1) is 16.0. The summed E-state index contributed by atoms with van der Waals surface area (Å²) in [6, 6.07) is 14.0. The second-order valence-corrected chi connectivity index (χ2v) is 6.36. The molecule has 0 bridgehead atoms. The number of H-pyrrole nitrogens is 2. The maximum absolute atomic E-state index is 11.2. The summed E-state index contributed by atoms with van der Waals surface area (Å²) < 4.78 is 0. The molecule has 1 amide bonds. The molecule has 2 heterocycles. The molecule has 0 aliphatic heterocycles. The van der Waals surface area contributed by atoms with Crippen LogP contribution in [-0.2, 0) is 4.79 Å². The number of amides is 1. The summed E-state index contributed by atoms with van der Waals surface area (Å²) in [4.78, 5) is 15.4. The van der Waals surface area contributed by atoms with Gasteiger partial charge in [0.1, 0.15) is 6.33 Å². The fourth-order valence-corrected chi connectivity index (χ4v) is 3.14. The van der Waals surface area contributed by atoms with Crippen LogP contribution in [0.3, 0.4) is 0 Å². The predicted octanol–water partition coefficient (Wildman–Crippen LogP) is 2.99. The standard InChI is InChI=1S/C19H18N6O/c1-11(7-17(20)26)12-3-2-4-13(8-12)18-15-9-14(19-21-10-22-25-19)5-6-16(15)23-24-18/h2-6,8-11H,7H2,1H3,(H2,20,26)(H,23,24)(H,21,22,25). The average Bonchev–Trinajstić information content (AvgIpc) is 3.30. The number of aromatic nitrogens is 5. The predicted molar refractivity (Wildman–Crippen MR) is 99.1 cm³/mol. The fourth-order valence-electron chi connectivity index (χ4n) is 3.14. The Morgan fingerprint density at radius 1 is 1.15 bits per heavy atom. The first-order valence-corrected chi connectivity index (χ1v) is 8.34. The van der Waals surface area contributed by atoms with Gasteiger partial charge in [-0.3, -0.25) is 15.0 Å². The van der Waals surface area contributed by atoms with Gasteiger partial charge in [-0.2, -0.15) is 10.2 Å². The normalized spacial score (nSPS) is 12.3. The molecule has 2 aromatic heterocycles. The highest BCUT2D eigenvalue weighted by atomic mass is 16.1. The Hall–Kier alpha value is -3.48. The van der Waals surface area contributed by atoms with Crippen molar-refractivity contribution in [3.8, 4) is 22.6 Å². The van der Waals surface area contributed by atoms with Crippen LogP contribution in [0.2, 0.25) is 0 Å². The number of nitrogens with two attached hydrogens (primary N) is 1. The van der Waals surface area contributed by atoms with Crippen LogP contribution in [0.4, 0.5) is 0 Å². The van der Waals surface area contributed by atoms with E-state index >= 15 is 0 Å². The minimum atomic E-state index is -0.301. The van der Waals surface area contributed by atoms with Gasteiger partial charge in [-0.1, -0.05) is 25.1 Å². The number of carbonyl (C=O) groups is 1. The number of benzene rings is 2. The molecule has 2 aromatic carbocycles. The highest BCUT2D eigenvalue weighted by Gasteiger charge is 2.14. The van der Waals surface area contributed by atoms with E-state index in [-0.39, 0.29) is 11.8 Å². The third-order valence-corrected chi connectivity index (χ3v) is 4.49. The van der Waals surface area contributed by atoms with Crippen LogP contribution in [0.15, 0.2) is 48.8 Å². The highest BCUT2D eigenvalue weighted by molar-refractivity contribution is 5.95. The molecule has 26 heavy (non-hydrogen) atoms. The summed E-state index contributed by atoms with van der Waals surface area (Å²) in [7, 11) is 0. The van der Waals surface area contributed by atoms with Crippen molar-refractivity contribution in [3.05, 3.63) is 54.4 Å². The lowest BCUT2D eigenvalue weighted by molar-refractivity contribution is -0.118. The molecule has 0 saturated carbocycles. The topological polar surface area (TPSA) is 113 Å². The van der Waals surface area contributed by atoms with Crippen molar-refractivity contribution < 1.29 is 4.79 Å². The fraction of sp³-hybridized carbons (Fsp3) is 0.158. The van der Waals surface area contributed by atoms with E-state index in [0.717, 1.165) is 33.3 Å². The molecule has 4 aromatic rings. The molecule has 130 valence electrons. The zero-order chi connectivity index (χ0) is 18.1. The Morgan fingerprint density at radius 3 is 2.81 bits per heavy atom. The average molecular weight is 346 g/mol. The molecular formula is C19H18N6O. The third kappa shape index (κ3) is 2.95. The van der Waals surface area contributed by atoms with Gasteiger partial charge in [0.15, 0.2) is 5.82 Å². The Kier molecular flexibility index (Phi) is 3.96. The van der Waals surface area contributed by atoms with E-state index in [2.05, 4.69) is 31.4 Å². The molecule has 0 fully saturated rings. The molecule has 0 radical (unpaired) electrons. The smallest absolute Gasteiger partial charge is 0.218 e. The van der Waals surface area contributed by atoms with Crippen molar-refractivity contribution in [2.45, 2.75) is 19.3 Å². The Labute approximate surface area is 149 Å². The zero-order valence-electron chi connectivity index (χ0n) is 14.2. The monoisotopic (exact) mass is 346 g/mol. The second-order valence-electron chi connectivity index (χ2n) is 6.36. The van der Waals surface area contributed by atoms with Gasteiger partial charge in [-0.25, -0.2) is 4.98 Å². The number of nitrogens with one attached hydrogen (secondary N) is 2. The van der Waals surface area contributed by atoms with Crippen LogP contribution >= 0.6 is 0 Å². The van der Waals surface area contributed by atoms with Gasteiger partial charge in [0.25, 0.3) is 0 Å². The van der Waals surface area contributed by atoms with Crippen LogP contribution in [0.5, 0.6) is 0 Å². The van der Waals surface area contributed by atoms with Gasteiger partial charge < -0.3 is 5.73 Å². The maximum Gasteiger partial charge on any atom is 0.218 e. The van der Waals surface area contributed by atoms with Gasteiger partial charge in [0, 0.05) is 22.9 Å². The molecule has 7 heteroatoms. The summed E-state index contributed by atoms with van der Waals surface area (Å²) >= 11 is 0. The van der Waals surface area contributed by atoms with E-state index in [9.17, 15) is 4.79 Å². The van der Waals surface area contributed by atoms with Gasteiger partial charge in [0.05, 0.1) is 11.2 Å². The van der Waals surface area contributed by atoms with Crippen LogP contribution in [0.1, 0.15) is 24.8 Å². The largest absolute Gasteiger partial charge is 0.370 e. The number of aromatic amines is 2. The summed E-state index contributed by atoms with van der Waals surface area (Å²) in [6.07, 6.45) is 1.81. The van der Waals surface area contributed by atoms with E-state index in [1.807, 2.05) is 43.3 Å². The van der Waals surface area contributed by atoms with Crippen molar-refractivity contribution in [2.24, 2.45) is 5.73 Å². The van der Waals surface area contributed by atoms with E-state index < -0.39 is 0 Å². The number of fused-ring (bicyclic) bond motifs is 1. The Morgan fingerprint density at radius 2 is 2.04 bits per heavy atom. The van der Waals surface area contributed by atoms with E-state index in [0.29, 0.717) is 12.2 Å². The molecule has 0 saturated heterocycles. The van der Waals surface area contributed by atoms with Crippen molar-refractivity contribution >= 4 is 16.8 Å². The number of primary amides is 1. The summed E-state index contributed by atoms with van der Waals surface area (Å²) in [6.45, 7) is 1.99. The van der Waals surface area contributed by atoms with E-state index in [1.165, 1.54) is 6.33 Å². The van der Waals surface area contributed by atoms with Crippen molar-refractivity contribution in [3.63, 3.8) is 0 Å². The van der Waals surface area contributed by atoms with E-state index in [1.54, 1.807) is 0 Å². The van der Waals surface area contributed by atoms with Crippen LogP contribution in [0, 0.1) is 0 Å². The highest BCUT2D eigenvalue weighted by Crippen LogP contribution is 2.31. The minimum absolute atomic E-state index is 0.0578. The zero-order valence-corrected chi connectivity index (χ0v) is 14.2. The molecule has 0 aliphatic rings. The lowest BCUT2D eigenvalue weighted by Gasteiger charge is -2.11. The van der Waals surface area contributed by atoms with Gasteiger partial charge >= 0.3 is 0 Å². The first-order chi connectivity index (χ1) is 12.6. The van der Waals surface area contributed by atoms with Crippen LogP contribution in [0.25, 0.3) is 33.5 Å². The number of rotatable bonds is 5. The minimum Gasteiger partial charge on any atom is -0.370 e. The first-order valence-electron chi connectivity index (χ1n) is 8.34. The molecular weight excluding hydrogens is 328 g/mol. The second kappa shape index (κ2) is 6.44. The molecule has 4 rings (SSSR count). The van der Waals surface area contributed by atoms with Gasteiger partial charge in [-0.05, 0) is 35.7 Å². The number of hydrogen-bond acceptors (Lipinski definition) is 4. The quantitative estimate of drug-likeness (QED) is 0.515. The number of hydrogen-bond donors (Lipinski definition) is 3. The summed E-state index contributed by atoms with van der Waals surface area (Å²) in [5, 5.41) is 15.3. The molecule has 0 aliphatic carbocycles. The SMILES string of the molecule is CC(CC(N)=O)c1cccc(-c2n[nH]c3ccc(-c4ncn[nH]4)cc23)c1. The Balaban J connectivity index is 1.77. The van der Waals surface area contributed by atoms with Gasteiger partial charge in [0.2, 0.25) is 5.91 Å². The van der Waals surface area contributed by atoms with Crippen molar-refractivity contribution in [1.82, 2.24) is 25.4 Å². The number of nitrogens with zero attached hydrogens (tertiary/aromatic N) is 3.